The monoisotopic (exact) mass is 289 g/mol. The second-order valence-electron chi connectivity index (χ2n) is 6.42. The molecule has 0 bridgehead atoms. The summed E-state index contributed by atoms with van der Waals surface area (Å²) in [7, 11) is 4.52. The van der Waals surface area contributed by atoms with Gasteiger partial charge in [-0.3, -0.25) is 4.90 Å². The van der Waals surface area contributed by atoms with E-state index in [0.717, 1.165) is 19.6 Å². The van der Waals surface area contributed by atoms with Crippen LogP contribution >= 0.6 is 0 Å². The zero-order chi connectivity index (χ0) is 15.1. The smallest absolute Gasteiger partial charge is 0.0237 e. The summed E-state index contributed by atoms with van der Waals surface area (Å²) in [6.07, 6.45) is 3.85. The van der Waals surface area contributed by atoms with Crippen LogP contribution in [0.25, 0.3) is 0 Å². The van der Waals surface area contributed by atoms with Crippen LogP contribution in [-0.4, -0.2) is 49.6 Å². The fourth-order valence-corrected chi connectivity index (χ4v) is 3.18. The van der Waals surface area contributed by atoms with E-state index in [2.05, 4.69) is 60.4 Å². The van der Waals surface area contributed by atoms with Gasteiger partial charge in [-0.1, -0.05) is 31.2 Å². The standard InChI is InChI=1S/C18H31N3/c1-4-11-19-13-16-8-5-6-9-17(16)14-21(3)18-10-7-12-20(2)15-18/h5-6,8-9,18-19H,4,7,10-15H2,1-3H3. The SMILES string of the molecule is CCCNCc1ccccc1CN(C)C1CCCN(C)C1. The Morgan fingerprint density at radius 3 is 2.76 bits per heavy atom. The summed E-state index contributed by atoms with van der Waals surface area (Å²) in [5, 5.41) is 3.52. The van der Waals surface area contributed by atoms with Crippen LogP contribution in [0.15, 0.2) is 24.3 Å². The highest BCUT2D eigenvalue weighted by Crippen LogP contribution is 2.18. The van der Waals surface area contributed by atoms with Gasteiger partial charge in [-0.2, -0.15) is 0 Å². The minimum atomic E-state index is 0.695. The Balaban J connectivity index is 1.94. The summed E-state index contributed by atoms with van der Waals surface area (Å²) in [5.74, 6) is 0. The lowest BCUT2D eigenvalue weighted by atomic mass is 10.0. The van der Waals surface area contributed by atoms with Crippen molar-refractivity contribution < 1.29 is 0 Å². The van der Waals surface area contributed by atoms with Crippen LogP contribution in [0, 0.1) is 0 Å². The second kappa shape index (κ2) is 8.52. The van der Waals surface area contributed by atoms with E-state index in [0.29, 0.717) is 6.04 Å². The molecule has 1 N–H and O–H groups in total. The van der Waals surface area contributed by atoms with Gasteiger partial charge in [0.25, 0.3) is 0 Å². The fourth-order valence-electron chi connectivity index (χ4n) is 3.18. The summed E-state index contributed by atoms with van der Waals surface area (Å²) in [6.45, 7) is 7.81. The lowest BCUT2D eigenvalue weighted by Gasteiger charge is -2.36. The number of likely N-dealkylation sites (N-methyl/N-ethyl adjacent to an activating group) is 2. The fraction of sp³-hybridized carbons (Fsp3) is 0.667. The van der Waals surface area contributed by atoms with E-state index in [4.69, 9.17) is 0 Å². The summed E-state index contributed by atoms with van der Waals surface area (Å²) < 4.78 is 0. The van der Waals surface area contributed by atoms with E-state index in [1.165, 1.54) is 43.5 Å². The lowest BCUT2D eigenvalue weighted by Crippen LogP contribution is -2.44. The van der Waals surface area contributed by atoms with Gasteiger partial charge in [0.1, 0.15) is 0 Å². The van der Waals surface area contributed by atoms with Crippen molar-refractivity contribution in [2.45, 2.75) is 45.3 Å². The molecule has 1 unspecified atom stereocenters. The van der Waals surface area contributed by atoms with Gasteiger partial charge in [0, 0.05) is 25.7 Å². The lowest BCUT2D eigenvalue weighted by molar-refractivity contribution is 0.129. The Labute approximate surface area is 130 Å². The number of nitrogens with zero attached hydrogens (tertiary/aromatic N) is 2. The van der Waals surface area contributed by atoms with Crippen LogP contribution in [0.4, 0.5) is 0 Å². The molecule has 21 heavy (non-hydrogen) atoms. The van der Waals surface area contributed by atoms with E-state index in [1.54, 1.807) is 0 Å². The predicted octanol–water partition coefficient (Wildman–Crippen LogP) is 2.71. The van der Waals surface area contributed by atoms with Crippen LogP contribution in [-0.2, 0) is 13.1 Å². The minimum absolute atomic E-state index is 0.695. The molecule has 0 radical (unpaired) electrons. The van der Waals surface area contributed by atoms with Crippen molar-refractivity contribution in [2.75, 3.05) is 33.7 Å². The molecule has 0 spiro atoms. The van der Waals surface area contributed by atoms with Gasteiger partial charge in [-0.25, -0.2) is 0 Å². The molecule has 2 rings (SSSR count). The molecule has 1 aliphatic rings. The molecule has 1 atom stereocenters. The Morgan fingerprint density at radius 2 is 2.05 bits per heavy atom. The highest BCUT2D eigenvalue weighted by Gasteiger charge is 2.21. The third-order valence-electron chi connectivity index (χ3n) is 4.50. The zero-order valence-electron chi connectivity index (χ0n) is 13.9. The number of likely N-dealkylation sites (tertiary alicyclic amines) is 1. The predicted molar refractivity (Wildman–Crippen MR) is 90.4 cm³/mol. The minimum Gasteiger partial charge on any atom is -0.313 e. The van der Waals surface area contributed by atoms with Gasteiger partial charge in [0.15, 0.2) is 0 Å². The molecule has 0 amide bonds. The first-order valence-electron chi connectivity index (χ1n) is 8.37. The van der Waals surface area contributed by atoms with Crippen molar-refractivity contribution in [1.29, 1.82) is 0 Å². The molecule has 3 nitrogen and oxygen atoms in total. The zero-order valence-corrected chi connectivity index (χ0v) is 13.9. The number of hydrogen-bond donors (Lipinski definition) is 1. The van der Waals surface area contributed by atoms with E-state index in [9.17, 15) is 0 Å². The first kappa shape index (κ1) is 16.5. The highest BCUT2D eigenvalue weighted by molar-refractivity contribution is 5.27. The Bertz CT molecular complexity index is 419. The molecular weight excluding hydrogens is 258 g/mol. The summed E-state index contributed by atoms with van der Waals surface area (Å²) in [6, 6.07) is 9.56. The molecule has 0 saturated carbocycles. The van der Waals surface area contributed by atoms with E-state index in [1.807, 2.05) is 0 Å². The van der Waals surface area contributed by atoms with Crippen molar-refractivity contribution >= 4 is 0 Å². The van der Waals surface area contributed by atoms with Crippen molar-refractivity contribution in [1.82, 2.24) is 15.1 Å². The molecule has 0 aliphatic carbocycles. The van der Waals surface area contributed by atoms with Crippen molar-refractivity contribution in [3.8, 4) is 0 Å². The molecule has 0 aromatic heterocycles. The van der Waals surface area contributed by atoms with Gasteiger partial charge >= 0.3 is 0 Å². The molecular formula is C18H31N3. The number of hydrogen-bond acceptors (Lipinski definition) is 3. The van der Waals surface area contributed by atoms with Crippen LogP contribution in [0.1, 0.15) is 37.3 Å². The average Bonchev–Trinajstić information content (AvgIpc) is 2.49. The average molecular weight is 289 g/mol. The Morgan fingerprint density at radius 1 is 1.29 bits per heavy atom. The molecule has 1 saturated heterocycles. The largest absolute Gasteiger partial charge is 0.313 e. The maximum Gasteiger partial charge on any atom is 0.0237 e. The van der Waals surface area contributed by atoms with E-state index in [-0.39, 0.29) is 0 Å². The van der Waals surface area contributed by atoms with Gasteiger partial charge < -0.3 is 10.2 Å². The number of rotatable bonds is 7. The first-order chi connectivity index (χ1) is 10.2. The molecule has 1 heterocycles. The molecule has 1 aromatic carbocycles. The van der Waals surface area contributed by atoms with Crippen molar-refractivity contribution in [3.05, 3.63) is 35.4 Å². The van der Waals surface area contributed by atoms with Crippen LogP contribution < -0.4 is 5.32 Å². The topological polar surface area (TPSA) is 18.5 Å². The third kappa shape index (κ3) is 5.10. The quantitative estimate of drug-likeness (QED) is 0.779. The summed E-state index contributed by atoms with van der Waals surface area (Å²) in [5.41, 5.74) is 2.92. The summed E-state index contributed by atoms with van der Waals surface area (Å²) >= 11 is 0. The van der Waals surface area contributed by atoms with E-state index < -0.39 is 0 Å². The summed E-state index contributed by atoms with van der Waals surface area (Å²) in [4.78, 5) is 4.99. The van der Waals surface area contributed by atoms with Gasteiger partial charge in [-0.15, -0.1) is 0 Å². The van der Waals surface area contributed by atoms with Gasteiger partial charge in [0.2, 0.25) is 0 Å². The maximum absolute atomic E-state index is 3.52. The van der Waals surface area contributed by atoms with Crippen LogP contribution in [0.2, 0.25) is 0 Å². The molecule has 1 aromatic rings. The Kier molecular flexibility index (Phi) is 6.68. The number of benzene rings is 1. The third-order valence-corrected chi connectivity index (χ3v) is 4.50. The molecule has 1 fully saturated rings. The molecule has 118 valence electrons. The normalized spacial score (nSPS) is 20.1. The maximum atomic E-state index is 3.52. The van der Waals surface area contributed by atoms with Crippen LogP contribution in [0.5, 0.6) is 0 Å². The number of piperidine rings is 1. The molecule has 3 heteroatoms. The van der Waals surface area contributed by atoms with Gasteiger partial charge in [-0.05, 0) is 57.6 Å². The highest BCUT2D eigenvalue weighted by atomic mass is 15.2. The van der Waals surface area contributed by atoms with Crippen LogP contribution in [0.3, 0.4) is 0 Å². The first-order valence-corrected chi connectivity index (χ1v) is 8.37. The Hall–Kier alpha value is -0.900. The molecule has 1 aliphatic heterocycles. The van der Waals surface area contributed by atoms with Crippen molar-refractivity contribution in [3.63, 3.8) is 0 Å². The van der Waals surface area contributed by atoms with Crippen molar-refractivity contribution in [2.24, 2.45) is 0 Å². The number of nitrogens with one attached hydrogen (secondary N) is 1. The van der Waals surface area contributed by atoms with E-state index >= 15 is 0 Å². The second-order valence-corrected chi connectivity index (χ2v) is 6.42. The van der Waals surface area contributed by atoms with Gasteiger partial charge in [0.05, 0.1) is 0 Å².